The summed E-state index contributed by atoms with van der Waals surface area (Å²) < 4.78 is 1.12. The minimum atomic E-state index is -1.03. The largest absolute Gasteiger partial charge is 0.480 e. The molecular formula is C13H23N5O3. The van der Waals surface area contributed by atoms with E-state index in [-0.39, 0.29) is 18.1 Å². The van der Waals surface area contributed by atoms with Crippen molar-refractivity contribution in [3.05, 3.63) is 11.9 Å². The van der Waals surface area contributed by atoms with E-state index in [0.717, 1.165) is 24.1 Å². The second-order valence-electron chi connectivity index (χ2n) is 5.23. The van der Waals surface area contributed by atoms with Crippen LogP contribution in [0.1, 0.15) is 37.2 Å². The molecule has 0 fully saturated rings. The predicted molar refractivity (Wildman–Crippen MR) is 77.0 cm³/mol. The topological polar surface area (TPSA) is 100 Å². The van der Waals surface area contributed by atoms with E-state index in [1.807, 2.05) is 0 Å². The number of nitrogens with zero attached hydrogens (tertiary/aromatic N) is 4. The lowest BCUT2D eigenvalue weighted by Crippen LogP contribution is -2.29. The van der Waals surface area contributed by atoms with Crippen LogP contribution < -0.4 is 5.32 Å². The highest BCUT2D eigenvalue weighted by molar-refractivity contribution is 5.91. The lowest BCUT2D eigenvalue weighted by Gasteiger charge is -2.20. The summed E-state index contributed by atoms with van der Waals surface area (Å²) in [7, 11) is 2.07. The molecule has 8 heteroatoms. The third-order valence-corrected chi connectivity index (χ3v) is 3.17. The van der Waals surface area contributed by atoms with E-state index >= 15 is 0 Å². The van der Waals surface area contributed by atoms with Crippen LogP contribution in [0.5, 0.6) is 0 Å². The quantitative estimate of drug-likeness (QED) is 0.632. The lowest BCUT2D eigenvalue weighted by atomic mass is 10.2. The molecule has 0 saturated heterocycles. The Hall–Kier alpha value is -1.96. The van der Waals surface area contributed by atoms with Gasteiger partial charge in [-0.3, -0.25) is 9.59 Å². The zero-order valence-electron chi connectivity index (χ0n) is 12.7. The monoisotopic (exact) mass is 297 g/mol. The third kappa shape index (κ3) is 6.35. The van der Waals surface area contributed by atoms with Crippen LogP contribution in [-0.2, 0) is 11.3 Å². The Morgan fingerprint density at radius 2 is 2.14 bits per heavy atom. The zero-order chi connectivity index (χ0) is 15.8. The van der Waals surface area contributed by atoms with E-state index in [1.54, 1.807) is 0 Å². The molecule has 0 bridgehead atoms. The highest BCUT2D eigenvalue weighted by Crippen LogP contribution is 1.98. The van der Waals surface area contributed by atoms with Crippen LogP contribution in [0.4, 0.5) is 0 Å². The molecule has 8 nitrogen and oxygen atoms in total. The molecule has 118 valence electrons. The van der Waals surface area contributed by atoms with Gasteiger partial charge in [0, 0.05) is 12.6 Å². The number of aliphatic carboxylic acids is 1. The molecule has 2 N–H and O–H groups in total. The Bertz CT molecular complexity index is 472. The van der Waals surface area contributed by atoms with Gasteiger partial charge in [0.2, 0.25) is 0 Å². The Labute approximate surface area is 124 Å². The number of hydrogen-bond acceptors (Lipinski definition) is 5. The van der Waals surface area contributed by atoms with Gasteiger partial charge in [-0.05, 0) is 40.3 Å². The molecule has 0 aliphatic carbocycles. The van der Waals surface area contributed by atoms with Crippen molar-refractivity contribution in [3.8, 4) is 0 Å². The fraction of sp³-hybridized carbons (Fsp3) is 0.692. The number of carbonyl (C=O) groups excluding carboxylic acids is 1. The smallest absolute Gasteiger partial charge is 0.325 e. The molecule has 0 radical (unpaired) electrons. The molecule has 0 atom stereocenters. The molecule has 0 aliphatic heterocycles. The number of amides is 1. The first kappa shape index (κ1) is 17.1. The number of unbranched alkanes of at least 4 members (excludes halogenated alkanes) is 1. The van der Waals surface area contributed by atoms with Gasteiger partial charge < -0.3 is 15.3 Å². The Kier molecular flexibility index (Phi) is 6.80. The van der Waals surface area contributed by atoms with Crippen molar-refractivity contribution in [2.75, 3.05) is 20.1 Å². The maximum atomic E-state index is 11.8. The minimum Gasteiger partial charge on any atom is -0.480 e. The van der Waals surface area contributed by atoms with E-state index in [9.17, 15) is 9.59 Å². The van der Waals surface area contributed by atoms with Gasteiger partial charge in [0.1, 0.15) is 6.54 Å². The van der Waals surface area contributed by atoms with Gasteiger partial charge in [0.05, 0.1) is 6.20 Å². The van der Waals surface area contributed by atoms with E-state index in [0.29, 0.717) is 12.6 Å². The number of hydrogen-bond donors (Lipinski definition) is 2. The molecule has 1 aromatic rings. The van der Waals surface area contributed by atoms with Crippen molar-refractivity contribution < 1.29 is 14.7 Å². The highest BCUT2D eigenvalue weighted by Gasteiger charge is 2.11. The van der Waals surface area contributed by atoms with Gasteiger partial charge in [-0.15, -0.1) is 5.10 Å². The molecule has 1 rings (SSSR count). The van der Waals surface area contributed by atoms with Gasteiger partial charge in [-0.1, -0.05) is 5.21 Å². The summed E-state index contributed by atoms with van der Waals surface area (Å²) in [6.45, 7) is 5.53. The predicted octanol–water partition coefficient (Wildman–Crippen LogP) is 0.213. The summed E-state index contributed by atoms with van der Waals surface area (Å²) in [4.78, 5) is 24.5. The van der Waals surface area contributed by atoms with E-state index in [4.69, 9.17) is 5.11 Å². The van der Waals surface area contributed by atoms with Crippen molar-refractivity contribution in [1.82, 2.24) is 25.2 Å². The number of rotatable bonds is 9. The Morgan fingerprint density at radius 1 is 1.43 bits per heavy atom. The standard InChI is InChI=1S/C13H23N5O3/c1-10(2)17(3)7-5-4-6-14-13(21)11-8-18(16-15-11)9-12(19)20/h8,10H,4-7,9H2,1-3H3,(H,14,21)(H,19,20). The first-order valence-electron chi connectivity index (χ1n) is 7.00. The molecule has 1 heterocycles. The third-order valence-electron chi connectivity index (χ3n) is 3.17. The molecular weight excluding hydrogens is 274 g/mol. The van der Waals surface area contributed by atoms with Crippen molar-refractivity contribution in [3.63, 3.8) is 0 Å². The van der Waals surface area contributed by atoms with Gasteiger partial charge in [-0.25, -0.2) is 4.68 Å². The molecule has 0 aromatic carbocycles. The van der Waals surface area contributed by atoms with Crippen LogP contribution in [0.15, 0.2) is 6.20 Å². The average molecular weight is 297 g/mol. The normalized spacial score (nSPS) is 11.1. The number of nitrogens with one attached hydrogen (secondary N) is 1. The van der Waals surface area contributed by atoms with Crippen LogP contribution >= 0.6 is 0 Å². The lowest BCUT2D eigenvalue weighted by molar-refractivity contribution is -0.137. The second kappa shape index (κ2) is 8.35. The highest BCUT2D eigenvalue weighted by atomic mass is 16.4. The Morgan fingerprint density at radius 3 is 2.76 bits per heavy atom. The summed E-state index contributed by atoms with van der Waals surface area (Å²) in [5, 5.41) is 18.6. The van der Waals surface area contributed by atoms with Crippen molar-refractivity contribution in [2.24, 2.45) is 0 Å². The van der Waals surface area contributed by atoms with E-state index in [1.165, 1.54) is 6.20 Å². The van der Waals surface area contributed by atoms with Crippen LogP contribution in [0, 0.1) is 0 Å². The summed E-state index contributed by atoms with van der Waals surface area (Å²) >= 11 is 0. The van der Waals surface area contributed by atoms with Gasteiger partial charge in [-0.2, -0.15) is 0 Å². The van der Waals surface area contributed by atoms with Crippen LogP contribution in [0.2, 0.25) is 0 Å². The zero-order valence-corrected chi connectivity index (χ0v) is 12.7. The first-order chi connectivity index (χ1) is 9.90. The van der Waals surface area contributed by atoms with Gasteiger partial charge in [0.25, 0.3) is 5.91 Å². The summed E-state index contributed by atoms with van der Waals surface area (Å²) in [6, 6.07) is 0.517. The van der Waals surface area contributed by atoms with E-state index < -0.39 is 5.97 Å². The average Bonchev–Trinajstić information content (AvgIpc) is 2.85. The SMILES string of the molecule is CC(C)N(C)CCCCNC(=O)c1cn(CC(=O)O)nn1. The molecule has 21 heavy (non-hydrogen) atoms. The summed E-state index contributed by atoms with van der Waals surface area (Å²) in [5.41, 5.74) is 0.135. The maximum absolute atomic E-state index is 11.8. The number of carboxylic acid groups (broad SMARTS) is 1. The Balaban J connectivity index is 2.25. The molecule has 1 aromatic heterocycles. The van der Waals surface area contributed by atoms with Gasteiger partial charge in [0.15, 0.2) is 5.69 Å². The molecule has 0 saturated carbocycles. The number of aromatic nitrogens is 3. The molecule has 0 unspecified atom stereocenters. The van der Waals surface area contributed by atoms with Crippen molar-refractivity contribution >= 4 is 11.9 Å². The van der Waals surface area contributed by atoms with Crippen LogP contribution in [0.25, 0.3) is 0 Å². The van der Waals surface area contributed by atoms with Crippen molar-refractivity contribution in [1.29, 1.82) is 0 Å². The fourth-order valence-corrected chi connectivity index (χ4v) is 1.66. The number of carboxylic acids is 1. The van der Waals surface area contributed by atoms with E-state index in [2.05, 4.69) is 41.4 Å². The minimum absolute atomic E-state index is 0.135. The summed E-state index contributed by atoms with van der Waals surface area (Å²) in [5.74, 6) is -1.36. The molecule has 0 aliphatic rings. The first-order valence-corrected chi connectivity index (χ1v) is 7.00. The number of carbonyl (C=O) groups is 2. The fourth-order valence-electron chi connectivity index (χ4n) is 1.66. The van der Waals surface area contributed by atoms with Crippen LogP contribution in [0.3, 0.4) is 0 Å². The summed E-state index contributed by atoms with van der Waals surface area (Å²) in [6.07, 6.45) is 3.21. The van der Waals surface area contributed by atoms with Crippen LogP contribution in [-0.4, -0.2) is 63.1 Å². The second-order valence-corrected chi connectivity index (χ2v) is 5.23. The van der Waals surface area contributed by atoms with Crippen molar-refractivity contribution in [2.45, 2.75) is 39.3 Å². The maximum Gasteiger partial charge on any atom is 0.325 e. The van der Waals surface area contributed by atoms with Gasteiger partial charge >= 0.3 is 5.97 Å². The molecule has 0 spiro atoms. The molecule has 1 amide bonds.